The highest BCUT2D eigenvalue weighted by Crippen LogP contribution is 2.10. The van der Waals surface area contributed by atoms with Crippen LogP contribution in [-0.4, -0.2) is 105 Å². The summed E-state index contributed by atoms with van der Waals surface area (Å²) in [7, 11) is 0. The predicted octanol–water partition coefficient (Wildman–Crippen LogP) is 1.54. The molecule has 10 heteroatoms. The SMILES string of the molecule is CC(=O)OCCOCCOCCOCCOCCOCCOCCOc1ccc(C=O)cc1. The molecular formula is C23H36O10. The Morgan fingerprint density at radius 1 is 0.606 bits per heavy atom. The summed E-state index contributed by atoms with van der Waals surface area (Å²) in [5.74, 6) is 0.390. The van der Waals surface area contributed by atoms with Gasteiger partial charge in [0.2, 0.25) is 0 Å². The Morgan fingerprint density at radius 3 is 1.33 bits per heavy atom. The van der Waals surface area contributed by atoms with Crippen molar-refractivity contribution in [3.8, 4) is 5.75 Å². The molecule has 0 saturated carbocycles. The highest BCUT2D eigenvalue weighted by molar-refractivity contribution is 5.74. The quantitative estimate of drug-likeness (QED) is 0.132. The second kappa shape index (κ2) is 21.7. The molecule has 0 aliphatic rings. The molecule has 10 nitrogen and oxygen atoms in total. The molecule has 0 N–H and O–H groups in total. The minimum Gasteiger partial charge on any atom is -0.491 e. The van der Waals surface area contributed by atoms with Crippen LogP contribution in [0.15, 0.2) is 24.3 Å². The lowest BCUT2D eigenvalue weighted by Crippen LogP contribution is -2.15. The van der Waals surface area contributed by atoms with Gasteiger partial charge in [-0.3, -0.25) is 9.59 Å². The maximum absolute atomic E-state index is 10.6. The standard InChI is InChI=1S/C23H36O10/c1-21(25)32-18-16-30-14-12-28-10-8-26-6-7-27-9-11-29-13-15-31-17-19-33-23-4-2-22(20-24)3-5-23/h2-5,20H,6-19H2,1H3. The van der Waals surface area contributed by atoms with E-state index in [-0.39, 0.29) is 12.6 Å². The summed E-state index contributed by atoms with van der Waals surface area (Å²) in [6.07, 6.45) is 0.794. The zero-order valence-electron chi connectivity index (χ0n) is 19.4. The minimum absolute atomic E-state index is 0.258. The molecule has 0 heterocycles. The first-order chi connectivity index (χ1) is 16.2. The van der Waals surface area contributed by atoms with E-state index in [0.29, 0.717) is 97.2 Å². The second-order valence-corrected chi connectivity index (χ2v) is 6.55. The van der Waals surface area contributed by atoms with Crippen molar-refractivity contribution in [1.29, 1.82) is 0 Å². The van der Waals surface area contributed by atoms with Gasteiger partial charge in [0.15, 0.2) is 0 Å². The summed E-state index contributed by atoms with van der Waals surface area (Å²) < 4.78 is 42.5. The number of hydrogen-bond donors (Lipinski definition) is 0. The molecule has 0 unspecified atom stereocenters. The lowest BCUT2D eigenvalue weighted by molar-refractivity contribution is -0.142. The van der Waals surface area contributed by atoms with Gasteiger partial charge in [-0.25, -0.2) is 0 Å². The van der Waals surface area contributed by atoms with Crippen LogP contribution in [0.3, 0.4) is 0 Å². The Morgan fingerprint density at radius 2 is 0.970 bits per heavy atom. The van der Waals surface area contributed by atoms with Crippen molar-refractivity contribution in [2.24, 2.45) is 0 Å². The van der Waals surface area contributed by atoms with Crippen LogP contribution in [0.1, 0.15) is 17.3 Å². The topological polar surface area (TPSA) is 108 Å². The van der Waals surface area contributed by atoms with Crippen molar-refractivity contribution in [3.63, 3.8) is 0 Å². The van der Waals surface area contributed by atoms with Gasteiger partial charge in [-0.15, -0.1) is 0 Å². The Bertz CT molecular complexity index is 593. The zero-order chi connectivity index (χ0) is 23.8. The Balaban J connectivity index is 1.70. The van der Waals surface area contributed by atoms with E-state index in [4.69, 9.17) is 37.9 Å². The number of ether oxygens (including phenoxy) is 8. The lowest BCUT2D eigenvalue weighted by Gasteiger charge is -2.09. The van der Waals surface area contributed by atoms with Crippen LogP contribution in [0.5, 0.6) is 5.75 Å². The van der Waals surface area contributed by atoms with E-state index in [9.17, 15) is 9.59 Å². The van der Waals surface area contributed by atoms with Gasteiger partial charge in [0.1, 0.15) is 25.2 Å². The maximum Gasteiger partial charge on any atom is 0.302 e. The van der Waals surface area contributed by atoms with Crippen molar-refractivity contribution in [3.05, 3.63) is 29.8 Å². The van der Waals surface area contributed by atoms with E-state index >= 15 is 0 Å². The minimum atomic E-state index is -0.312. The van der Waals surface area contributed by atoms with Gasteiger partial charge in [0.05, 0.1) is 79.3 Å². The summed E-state index contributed by atoms with van der Waals surface area (Å²) in [5.41, 5.74) is 0.617. The van der Waals surface area contributed by atoms with Crippen LogP contribution < -0.4 is 4.74 Å². The van der Waals surface area contributed by atoms with Gasteiger partial charge in [0, 0.05) is 12.5 Å². The molecule has 1 aromatic carbocycles. The molecule has 0 radical (unpaired) electrons. The number of carbonyl (C=O) groups is 2. The van der Waals surface area contributed by atoms with Crippen LogP contribution >= 0.6 is 0 Å². The van der Waals surface area contributed by atoms with Gasteiger partial charge in [-0.05, 0) is 24.3 Å². The van der Waals surface area contributed by atoms with Crippen LogP contribution in [0.4, 0.5) is 0 Å². The van der Waals surface area contributed by atoms with Crippen LogP contribution in [0, 0.1) is 0 Å². The molecule has 0 aliphatic heterocycles. The van der Waals surface area contributed by atoms with E-state index < -0.39 is 0 Å². The normalized spacial score (nSPS) is 10.8. The fourth-order valence-electron chi connectivity index (χ4n) is 2.31. The summed E-state index contributed by atoms with van der Waals surface area (Å²) in [5, 5.41) is 0. The molecule has 1 aromatic rings. The molecule has 33 heavy (non-hydrogen) atoms. The van der Waals surface area contributed by atoms with Gasteiger partial charge in [0.25, 0.3) is 0 Å². The summed E-state index contributed by atoms with van der Waals surface area (Å²) in [4.78, 5) is 21.1. The van der Waals surface area contributed by atoms with Crippen molar-refractivity contribution >= 4 is 12.3 Å². The molecule has 0 atom stereocenters. The van der Waals surface area contributed by atoms with Crippen LogP contribution in [0.25, 0.3) is 0 Å². The third-order valence-electron chi connectivity index (χ3n) is 3.91. The van der Waals surface area contributed by atoms with Crippen LogP contribution in [0.2, 0.25) is 0 Å². The van der Waals surface area contributed by atoms with Gasteiger partial charge in [-0.2, -0.15) is 0 Å². The summed E-state index contributed by atoms with van der Waals surface area (Å²) in [6, 6.07) is 6.91. The molecule has 0 spiro atoms. The van der Waals surface area contributed by atoms with Crippen molar-refractivity contribution in [1.82, 2.24) is 0 Å². The van der Waals surface area contributed by atoms with Crippen LogP contribution in [-0.2, 0) is 38.0 Å². The molecule has 0 bridgehead atoms. The third-order valence-corrected chi connectivity index (χ3v) is 3.91. The molecule has 0 fully saturated rings. The number of aldehydes is 1. The number of rotatable bonds is 23. The first-order valence-corrected chi connectivity index (χ1v) is 11.0. The maximum atomic E-state index is 10.6. The second-order valence-electron chi connectivity index (χ2n) is 6.55. The highest BCUT2D eigenvalue weighted by Gasteiger charge is 1.97. The van der Waals surface area contributed by atoms with Gasteiger partial charge >= 0.3 is 5.97 Å². The molecule has 1 rings (SSSR count). The lowest BCUT2D eigenvalue weighted by atomic mass is 10.2. The van der Waals surface area contributed by atoms with Crippen molar-refractivity contribution in [2.75, 3.05) is 92.5 Å². The molecule has 0 aliphatic carbocycles. The molecule has 188 valence electrons. The van der Waals surface area contributed by atoms with Gasteiger partial charge in [-0.1, -0.05) is 0 Å². The summed E-state index contributed by atoms with van der Waals surface area (Å²) in [6.45, 7) is 7.67. The first-order valence-electron chi connectivity index (χ1n) is 11.0. The van der Waals surface area contributed by atoms with E-state index in [1.807, 2.05) is 0 Å². The van der Waals surface area contributed by atoms with Gasteiger partial charge < -0.3 is 37.9 Å². The first kappa shape index (κ1) is 29.0. The number of carbonyl (C=O) groups excluding carboxylic acids is 2. The third kappa shape index (κ3) is 19.1. The predicted molar refractivity (Wildman–Crippen MR) is 119 cm³/mol. The van der Waals surface area contributed by atoms with E-state index in [2.05, 4.69) is 0 Å². The number of benzene rings is 1. The van der Waals surface area contributed by atoms with Crippen molar-refractivity contribution in [2.45, 2.75) is 6.92 Å². The smallest absolute Gasteiger partial charge is 0.302 e. The van der Waals surface area contributed by atoms with E-state index in [1.165, 1.54) is 6.92 Å². The average Bonchev–Trinajstić information content (AvgIpc) is 2.82. The summed E-state index contributed by atoms with van der Waals surface area (Å²) >= 11 is 0. The highest BCUT2D eigenvalue weighted by atomic mass is 16.6. The Kier molecular flexibility index (Phi) is 19.1. The Hall–Kier alpha value is -2.08. The number of hydrogen-bond acceptors (Lipinski definition) is 10. The monoisotopic (exact) mass is 472 g/mol. The van der Waals surface area contributed by atoms with Crippen molar-refractivity contribution < 1.29 is 47.5 Å². The molecular weight excluding hydrogens is 436 g/mol. The Labute approximate surface area is 195 Å². The average molecular weight is 473 g/mol. The van der Waals surface area contributed by atoms with E-state index in [1.54, 1.807) is 24.3 Å². The number of esters is 1. The fraction of sp³-hybridized carbons (Fsp3) is 0.652. The van der Waals surface area contributed by atoms with E-state index in [0.717, 1.165) is 6.29 Å². The largest absolute Gasteiger partial charge is 0.491 e. The molecule has 0 saturated heterocycles. The molecule has 0 aromatic heterocycles. The fourth-order valence-corrected chi connectivity index (χ4v) is 2.31. The zero-order valence-corrected chi connectivity index (χ0v) is 19.4. The molecule has 0 amide bonds.